The zero-order valence-corrected chi connectivity index (χ0v) is 12.3. The van der Waals surface area contributed by atoms with Crippen molar-refractivity contribution >= 4 is 18.3 Å². The lowest BCUT2D eigenvalue weighted by Gasteiger charge is -2.21. The summed E-state index contributed by atoms with van der Waals surface area (Å²) < 4.78 is 0. The molecule has 1 fully saturated rings. The number of rotatable bonds is 1. The summed E-state index contributed by atoms with van der Waals surface area (Å²) in [4.78, 5) is 14.5. The molecular weight excluding hydrogens is 260 g/mol. The van der Waals surface area contributed by atoms with E-state index in [1.807, 2.05) is 11.0 Å². The molecule has 1 aromatic rings. The SMILES string of the molecule is CC1CC(C)N(C(=O)c2ccc3c(c2)CNC3)C1.Cl. The van der Waals surface area contributed by atoms with Gasteiger partial charge in [0.25, 0.3) is 5.91 Å². The molecule has 0 spiro atoms. The Morgan fingerprint density at radius 1 is 1.26 bits per heavy atom. The Hall–Kier alpha value is -1.06. The van der Waals surface area contributed by atoms with Gasteiger partial charge in [-0.05, 0) is 42.5 Å². The van der Waals surface area contributed by atoms with Crippen LogP contribution in [0.3, 0.4) is 0 Å². The van der Waals surface area contributed by atoms with Crippen LogP contribution >= 0.6 is 12.4 Å². The molecule has 1 amide bonds. The minimum Gasteiger partial charge on any atom is -0.336 e. The highest BCUT2D eigenvalue weighted by Gasteiger charge is 2.30. The predicted molar refractivity (Wildman–Crippen MR) is 78.5 cm³/mol. The Kier molecular flexibility index (Phi) is 4.16. The molecule has 1 saturated heterocycles. The lowest BCUT2D eigenvalue weighted by Crippen LogP contribution is -2.34. The number of carbonyl (C=O) groups is 1. The van der Waals surface area contributed by atoms with Crippen molar-refractivity contribution in [2.24, 2.45) is 5.92 Å². The van der Waals surface area contributed by atoms with Gasteiger partial charge in [-0.25, -0.2) is 0 Å². The van der Waals surface area contributed by atoms with Crippen LogP contribution in [0.15, 0.2) is 18.2 Å². The van der Waals surface area contributed by atoms with E-state index < -0.39 is 0 Å². The van der Waals surface area contributed by atoms with Crippen LogP contribution in [0.5, 0.6) is 0 Å². The van der Waals surface area contributed by atoms with Gasteiger partial charge in [-0.15, -0.1) is 12.4 Å². The minimum absolute atomic E-state index is 0. The standard InChI is InChI=1S/C15H20N2O.ClH/c1-10-5-11(2)17(9-10)15(18)12-3-4-13-7-16-8-14(13)6-12;/h3-4,6,10-11,16H,5,7-9H2,1-2H3;1H. The van der Waals surface area contributed by atoms with Crippen molar-refractivity contribution in [2.75, 3.05) is 6.54 Å². The van der Waals surface area contributed by atoms with Crippen molar-refractivity contribution in [3.05, 3.63) is 34.9 Å². The lowest BCUT2D eigenvalue weighted by molar-refractivity contribution is 0.0743. The highest BCUT2D eigenvalue weighted by atomic mass is 35.5. The number of hydrogen-bond donors (Lipinski definition) is 1. The van der Waals surface area contributed by atoms with Crippen LogP contribution in [-0.2, 0) is 13.1 Å². The molecule has 3 nitrogen and oxygen atoms in total. The van der Waals surface area contributed by atoms with Gasteiger partial charge in [-0.3, -0.25) is 4.79 Å². The quantitative estimate of drug-likeness (QED) is 0.858. The third kappa shape index (κ3) is 2.63. The second-order valence-electron chi connectivity index (χ2n) is 5.73. The van der Waals surface area contributed by atoms with Gasteiger partial charge in [0.1, 0.15) is 0 Å². The second kappa shape index (κ2) is 5.51. The van der Waals surface area contributed by atoms with Gasteiger partial charge in [0.05, 0.1) is 0 Å². The topological polar surface area (TPSA) is 32.3 Å². The Bertz CT molecular complexity index is 489. The summed E-state index contributed by atoms with van der Waals surface area (Å²) in [7, 11) is 0. The Balaban J connectivity index is 0.00000133. The number of benzene rings is 1. The first-order chi connectivity index (χ1) is 8.65. The van der Waals surface area contributed by atoms with Crippen molar-refractivity contribution in [3.8, 4) is 0 Å². The summed E-state index contributed by atoms with van der Waals surface area (Å²) >= 11 is 0. The van der Waals surface area contributed by atoms with E-state index in [-0.39, 0.29) is 18.3 Å². The Morgan fingerprint density at radius 2 is 2.00 bits per heavy atom. The summed E-state index contributed by atoms with van der Waals surface area (Å²) in [5, 5.41) is 3.31. The molecule has 0 saturated carbocycles. The summed E-state index contributed by atoms with van der Waals surface area (Å²) in [6.07, 6.45) is 1.12. The predicted octanol–water partition coefficient (Wildman–Crippen LogP) is 2.58. The molecule has 19 heavy (non-hydrogen) atoms. The smallest absolute Gasteiger partial charge is 0.254 e. The molecule has 0 aromatic heterocycles. The highest BCUT2D eigenvalue weighted by Crippen LogP contribution is 2.25. The minimum atomic E-state index is 0. The molecule has 104 valence electrons. The molecule has 2 unspecified atom stereocenters. The second-order valence-corrected chi connectivity index (χ2v) is 5.73. The zero-order chi connectivity index (χ0) is 12.7. The monoisotopic (exact) mass is 280 g/mol. The first-order valence-electron chi connectivity index (χ1n) is 6.78. The van der Waals surface area contributed by atoms with E-state index in [2.05, 4.69) is 31.3 Å². The molecule has 0 bridgehead atoms. The summed E-state index contributed by atoms with van der Waals surface area (Å²) in [6.45, 7) is 7.09. The molecule has 2 atom stereocenters. The molecule has 0 radical (unpaired) electrons. The molecule has 2 heterocycles. The lowest BCUT2D eigenvalue weighted by atomic mass is 10.1. The maximum absolute atomic E-state index is 12.5. The number of carbonyl (C=O) groups excluding carboxylic acids is 1. The van der Waals surface area contributed by atoms with Crippen molar-refractivity contribution in [2.45, 2.75) is 39.4 Å². The van der Waals surface area contributed by atoms with Crippen molar-refractivity contribution in [1.29, 1.82) is 0 Å². The van der Waals surface area contributed by atoms with Gasteiger partial charge < -0.3 is 10.2 Å². The molecule has 3 rings (SSSR count). The first kappa shape index (κ1) is 14.4. The zero-order valence-electron chi connectivity index (χ0n) is 11.5. The largest absolute Gasteiger partial charge is 0.336 e. The number of nitrogens with one attached hydrogen (secondary N) is 1. The van der Waals surface area contributed by atoms with E-state index in [0.29, 0.717) is 12.0 Å². The molecule has 2 aliphatic rings. The van der Waals surface area contributed by atoms with Crippen LogP contribution in [0.1, 0.15) is 41.8 Å². The van der Waals surface area contributed by atoms with Gasteiger partial charge >= 0.3 is 0 Å². The van der Waals surface area contributed by atoms with Crippen LogP contribution < -0.4 is 5.32 Å². The van der Waals surface area contributed by atoms with Gasteiger partial charge in [0, 0.05) is 31.2 Å². The maximum atomic E-state index is 12.5. The average molecular weight is 281 g/mol. The number of fused-ring (bicyclic) bond motifs is 1. The third-order valence-electron chi connectivity index (χ3n) is 4.13. The van der Waals surface area contributed by atoms with Crippen LogP contribution in [0.2, 0.25) is 0 Å². The molecule has 2 aliphatic heterocycles. The maximum Gasteiger partial charge on any atom is 0.254 e. The molecule has 4 heteroatoms. The van der Waals surface area contributed by atoms with E-state index >= 15 is 0 Å². The fourth-order valence-electron chi connectivity index (χ4n) is 3.18. The van der Waals surface area contributed by atoms with E-state index in [4.69, 9.17) is 0 Å². The van der Waals surface area contributed by atoms with E-state index in [0.717, 1.165) is 31.6 Å². The normalized spacial score (nSPS) is 25.1. The fraction of sp³-hybridized carbons (Fsp3) is 0.533. The number of hydrogen-bond acceptors (Lipinski definition) is 2. The summed E-state index contributed by atoms with van der Waals surface area (Å²) in [6, 6.07) is 6.50. The van der Waals surface area contributed by atoms with Crippen molar-refractivity contribution in [3.63, 3.8) is 0 Å². The number of likely N-dealkylation sites (tertiary alicyclic amines) is 1. The average Bonchev–Trinajstić information content (AvgIpc) is 2.93. The molecule has 0 aliphatic carbocycles. The molecule has 1 N–H and O–H groups in total. The summed E-state index contributed by atoms with van der Waals surface area (Å²) in [5.41, 5.74) is 3.45. The van der Waals surface area contributed by atoms with E-state index in [1.165, 1.54) is 11.1 Å². The highest BCUT2D eigenvalue weighted by molar-refractivity contribution is 5.95. The number of amides is 1. The van der Waals surface area contributed by atoms with E-state index in [1.54, 1.807) is 0 Å². The Labute approximate surface area is 120 Å². The van der Waals surface area contributed by atoms with Crippen molar-refractivity contribution < 1.29 is 4.79 Å². The fourth-order valence-corrected chi connectivity index (χ4v) is 3.18. The number of halogens is 1. The molecule has 1 aromatic carbocycles. The van der Waals surface area contributed by atoms with Gasteiger partial charge in [0.2, 0.25) is 0 Å². The molecular formula is C15H21ClN2O. The van der Waals surface area contributed by atoms with Gasteiger partial charge in [0.15, 0.2) is 0 Å². The van der Waals surface area contributed by atoms with Gasteiger partial charge in [-0.2, -0.15) is 0 Å². The first-order valence-corrected chi connectivity index (χ1v) is 6.78. The summed E-state index contributed by atoms with van der Waals surface area (Å²) in [5.74, 6) is 0.821. The van der Waals surface area contributed by atoms with Crippen LogP contribution in [0.25, 0.3) is 0 Å². The van der Waals surface area contributed by atoms with Crippen LogP contribution in [-0.4, -0.2) is 23.4 Å². The third-order valence-corrected chi connectivity index (χ3v) is 4.13. The van der Waals surface area contributed by atoms with Crippen LogP contribution in [0.4, 0.5) is 0 Å². The van der Waals surface area contributed by atoms with E-state index in [9.17, 15) is 4.79 Å². The van der Waals surface area contributed by atoms with Gasteiger partial charge in [-0.1, -0.05) is 13.0 Å². The Morgan fingerprint density at radius 3 is 2.68 bits per heavy atom. The van der Waals surface area contributed by atoms with Crippen LogP contribution in [0, 0.1) is 5.92 Å². The van der Waals surface area contributed by atoms with Crippen molar-refractivity contribution in [1.82, 2.24) is 10.2 Å². The number of nitrogens with zero attached hydrogens (tertiary/aromatic N) is 1.